The fourth-order valence-electron chi connectivity index (χ4n) is 4.77. The number of hydrogen-bond acceptors (Lipinski definition) is 4. The maximum Gasteiger partial charge on any atom is 0.359 e. The zero-order valence-corrected chi connectivity index (χ0v) is 28.7. The number of nitrogens with zero attached hydrogens (tertiary/aromatic N) is 2. The number of carbonyl (C=O) groups is 1. The summed E-state index contributed by atoms with van der Waals surface area (Å²) in [5, 5.41) is 21.2. The van der Waals surface area contributed by atoms with Gasteiger partial charge in [-0.1, -0.05) is 134 Å². The molecule has 0 aliphatic rings. The summed E-state index contributed by atoms with van der Waals surface area (Å²) in [6.45, 7) is 3.99. The summed E-state index contributed by atoms with van der Waals surface area (Å²) in [6.07, 6.45) is 21.6. The molecule has 0 saturated heterocycles. The molecule has 252 valence electrons. The quantitative estimate of drug-likeness (QED) is 0.0495. The minimum atomic E-state index is -4.31. The Morgan fingerprint density at radius 2 is 1.23 bits per heavy atom. The predicted molar refractivity (Wildman–Crippen MR) is 178 cm³/mol. The fraction of sp³-hybridized carbons (Fsp3) is 0.788. The van der Waals surface area contributed by atoms with E-state index in [0.29, 0.717) is 17.6 Å². The number of hydrogen-bond donors (Lipinski definition) is 5. The molecule has 9 nitrogen and oxygen atoms in total. The van der Waals surface area contributed by atoms with E-state index in [9.17, 15) is 14.5 Å². The third-order valence-corrected chi connectivity index (χ3v) is 8.26. The number of nitrogens with one attached hydrogen (secondary N) is 1. The van der Waals surface area contributed by atoms with Crippen LogP contribution in [-0.2, 0) is 11.1 Å². The highest BCUT2D eigenvalue weighted by molar-refractivity contribution is 7.52. The Morgan fingerprint density at radius 3 is 1.60 bits per heavy atom. The number of carbonyl (C=O) groups excluding carboxylic acids is 1. The van der Waals surface area contributed by atoms with Gasteiger partial charge >= 0.3 is 13.6 Å². The molecule has 0 aliphatic heterocycles. The number of urea groups is 1. The second-order valence-electron chi connectivity index (χ2n) is 12.7. The van der Waals surface area contributed by atoms with Crippen molar-refractivity contribution in [3.63, 3.8) is 0 Å². The normalized spacial score (nSPS) is 12.4. The number of likely N-dealkylation sites (N-methyl/N-ethyl adjacent to an activating group) is 1. The number of benzene rings is 1. The van der Waals surface area contributed by atoms with Gasteiger partial charge in [-0.2, -0.15) is 0 Å². The Kier molecular flexibility index (Phi) is 24.9. The van der Waals surface area contributed by atoms with E-state index in [2.05, 4.69) is 12.2 Å². The van der Waals surface area contributed by atoms with Gasteiger partial charge in [0.15, 0.2) is 0 Å². The van der Waals surface area contributed by atoms with Crippen LogP contribution < -0.4 is 5.32 Å². The number of amides is 2. The maximum atomic E-state index is 12.4. The number of aliphatic hydroxyl groups excluding tert-OH is 2. The lowest BCUT2D eigenvalue weighted by Gasteiger charge is -2.26. The lowest BCUT2D eigenvalue weighted by atomic mass is 10.0. The highest BCUT2D eigenvalue weighted by Gasteiger charge is 2.31. The Balaban J connectivity index is 0.00000135. The van der Waals surface area contributed by atoms with Crippen LogP contribution in [-0.4, -0.2) is 88.6 Å². The van der Waals surface area contributed by atoms with Crippen LogP contribution in [0.5, 0.6) is 0 Å². The maximum absolute atomic E-state index is 12.4. The molecule has 1 atom stereocenters. The largest absolute Gasteiger partial charge is 0.395 e. The Morgan fingerprint density at radius 1 is 0.791 bits per heavy atom. The number of aliphatic hydroxyl groups is 2. The highest BCUT2D eigenvalue weighted by Crippen LogP contribution is 2.39. The van der Waals surface area contributed by atoms with Crippen molar-refractivity contribution in [2.24, 2.45) is 0 Å². The lowest BCUT2D eigenvalue weighted by Crippen LogP contribution is -2.41. The molecule has 0 heterocycles. The monoisotopic (exact) mass is 630 g/mol. The number of quaternary nitrogens is 1. The van der Waals surface area contributed by atoms with E-state index in [4.69, 9.17) is 14.9 Å². The van der Waals surface area contributed by atoms with Crippen LogP contribution in [0.4, 0.5) is 4.79 Å². The van der Waals surface area contributed by atoms with Gasteiger partial charge in [-0.15, -0.1) is 0 Å². The number of rotatable bonds is 24. The minimum absolute atomic E-state index is 0.0115. The standard InChI is InChI=1S/C28H50N2O2.C5H14NO4P/c1-2-3-4-5-6-7-8-9-10-11-12-13-14-15-16-20-23-30(24-25-31)28(32)29-26-27-21-18-17-19-22-27;1-6(2,3)4-5(7)11(8,9)10/h17-19,21-22,31H,2-16,20,23-26H2,1H3,(H,29,32);5,7H,4H2,1-3H3,(H-,8,9,10)/p+1. The minimum Gasteiger partial charge on any atom is -0.395 e. The van der Waals surface area contributed by atoms with Crippen molar-refractivity contribution in [3.05, 3.63) is 35.9 Å². The third-order valence-electron chi connectivity index (χ3n) is 7.32. The molecule has 0 aliphatic carbocycles. The van der Waals surface area contributed by atoms with E-state index in [0.717, 1.165) is 24.9 Å². The molecule has 1 unspecified atom stereocenters. The molecule has 0 radical (unpaired) electrons. The first-order chi connectivity index (χ1) is 20.4. The molecule has 0 aromatic heterocycles. The van der Waals surface area contributed by atoms with Gasteiger partial charge in [-0.05, 0) is 12.0 Å². The van der Waals surface area contributed by atoms with Gasteiger partial charge in [0.1, 0.15) is 6.54 Å². The molecule has 2 amide bonds. The summed E-state index contributed by atoms with van der Waals surface area (Å²) in [5.74, 6) is -1.55. The molecule has 5 N–H and O–H groups in total. The summed E-state index contributed by atoms with van der Waals surface area (Å²) in [7, 11) is 0.933. The van der Waals surface area contributed by atoms with Gasteiger partial charge < -0.3 is 34.7 Å². The fourth-order valence-corrected chi connectivity index (χ4v) is 5.47. The van der Waals surface area contributed by atoms with Crippen LogP contribution in [0.1, 0.15) is 115 Å². The molecular formula is C33H65N3O6P+. The molecule has 0 saturated carbocycles. The molecule has 0 fully saturated rings. The molecule has 0 bridgehead atoms. The van der Waals surface area contributed by atoms with Gasteiger partial charge in [-0.25, -0.2) is 4.79 Å². The average molecular weight is 631 g/mol. The van der Waals surface area contributed by atoms with Gasteiger partial charge in [0.2, 0.25) is 5.85 Å². The highest BCUT2D eigenvalue weighted by atomic mass is 31.2. The van der Waals surface area contributed by atoms with Crippen LogP contribution in [0.2, 0.25) is 0 Å². The van der Waals surface area contributed by atoms with Gasteiger partial charge in [0.05, 0.1) is 27.7 Å². The SMILES string of the molecule is CCCCCCCCCCCCCCCCCCN(CCO)C(=O)NCc1ccccc1.C[N+](C)(C)CC(O)P(=O)(O)O. The molecule has 1 aromatic carbocycles. The smallest absolute Gasteiger partial charge is 0.359 e. The Bertz CT molecular complexity index is 832. The molecule has 10 heteroatoms. The summed E-state index contributed by atoms with van der Waals surface area (Å²) < 4.78 is 10.8. The first-order valence-corrected chi connectivity index (χ1v) is 18.3. The van der Waals surface area contributed by atoms with Crippen LogP contribution in [0, 0.1) is 0 Å². The average Bonchev–Trinajstić information content (AvgIpc) is 2.94. The summed E-state index contributed by atoms with van der Waals surface area (Å²) >= 11 is 0. The van der Waals surface area contributed by atoms with E-state index in [-0.39, 0.29) is 19.2 Å². The van der Waals surface area contributed by atoms with Crippen LogP contribution in [0.15, 0.2) is 30.3 Å². The van der Waals surface area contributed by atoms with E-state index in [1.807, 2.05) is 30.3 Å². The molecule has 43 heavy (non-hydrogen) atoms. The zero-order valence-electron chi connectivity index (χ0n) is 27.8. The van der Waals surface area contributed by atoms with Crippen molar-refractivity contribution in [1.82, 2.24) is 10.2 Å². The van der Waals surface area contributed by atoms with Crippen LogP contribution >= 0.6 is 7.60 Å². The summed E-state index contributed by atoms with van der Waals surface area (Å²) in [6, 6.07) is 9.86. The molecule has 1 aromatic rings. The molecule has 1 rings (SSSR count). The first-order valence-electron chi connectivity index (χ1n) is 16.6. The van der Waals surface area contributed by atoms with Gasteiger partial charge in [-0.3, -0.25) is 4.57 Å². The van der Waals surface area contributed by atoms with E-state index in [1.54, 1.807) is 26.0 Å². The molecule has 0 spiro atoms. The third kappa shape index (κ3) is 26.6. The van der Waals surface area contributed by atoms with Gasteiger partial charge in [0, 0.05) is 19.6 Å². The Hall–Kier alpha value is -1.48. The van der Waals surface area contributed by atoms with Crippen molar-refractivity contribution in [2.45, 2.75) is 122 Å². The predicted octanol–water partition coefficient (Wildman–Crippen LogP) is 6.64. The zero-order chi connectivity index (χ0) is 32.4. The van der Waals surface area contributed by atoms with E-state index in [1.165, 1.54) is 89.9 Å². The lowest BCUT2D eigenvalue weighted by molar-refractivity contribution is -0.872. The Labute approximate surface area is 262 Å². The van der Waals surface area contributed by atoms with Crippen LogP contribution in [0.3, 0.4) is 0 Å². The first kappa shape index (κ1) is 41.5. The van der Waals surface area contributed by atoms with Crippen molar-refractivity contribution < 1.29 is 33.8 Å². The summed E-state index contributed by atoms with van der Waals surface area (Å²) in [5.41, 5.74) is 1.09. The van der Waals surface area contributed by atoms with Crippen molar-refractivity contribution in [1.29, 1.82) is 0 Å². The topological polar surface area (TPSA) is 130 Å². The van der Waals surface area contributed by atoms with E-state index >= 15 is 0 Å². The second-order valence-corrected chi connectivity index (χ2v) is 14.5. The van der Waals surface area contributed by atoms with Crippen molar-refractivity contribution >= 4 is 13.6 Å². The number of unbranched alkanes of at least 4 members (excludes halogenated alkanes) is 15. The van der Waals surface area contributed by atoms with Crippen molar-refractivity contribution in [2.75, 3.05) is 47.4 Å². The molecular weight excluding hydrogens is 565 g/mol. The van der Waals surface area contributed by atoms with Gasteiger partial charge in [0.25, 0.3) is 0 Å². The second kappa shape index (κ2) is 25.8. The van der Waals surface area contributed by atoms with Crippen molar-refractivity contribution in [3.8, 4) is 0 Å². The van der Waals surface area contributed by atoms with Crippen LogP contribution in [0.25, 0.3) is 0 Å². The van der Waals surface area contributed by atoms with E-state index < -0.39 is 13.4 Å². The summed E-state index contributed by atoms with van der Waals surface area (Å²) in [4.78, 5) is 31.1.